The molecule has 0 saturated heterocycles. The molecule has 0 unspecified atom stereocenters. The summed E-state index contributed by atoms with van der Waals surface area (Å²) < 4.78 is 7.06. The van der Waals surface area contributed by atoms with E-state index >= 15 is 0 Å². The quantitative estimate of drug-likeness (QED) is 0.826. The minimum atomic E-state index is -0.00353. The summed E-state index contributed by atoms with van der Waals surface area (Å²) in [7, 11) is 1.88. The summed E-state index contributed by atoms with van der Waals surface area (Å²) in [6.45, 7) is -0.00353. The molecule has 1 aliphatic carbocycles. The molecule has 0 atom stereocenters. The number of aliphatic hydroxyl groups excluding tert-OH is 1. The predicted molar refractivity (Wildman–Crippen MR) is 65.0 cm³/mol. The van der Waals surface area contributed by atoms with Gasteiger partial charge in [-0.1, -0.05) is 16.9 Å². The molecule has 0 amide bonds. The monoisotopic (exact) mass is 266 g/mol. The van der Waals surface area contributed by atoms with Gasteiger partial charge in [0, 0.05) is 13.0 Å². The summed E-state index contributed by atoms with van der Waals surface area (Å²) in [4.78, 5) is 8.59. The number of hydrogen-bond donors (Lipinski definition) is 1. The summed E-state index contributed by atoms with van der Waals surface area (Å²) in [5.41, 5.74) is 0.793. The van der Waals surface area contributed by atoms with Crippen LogP contribution in [-0.2, 0) is 19.4 Å². The highest BCUT2D eigenvalue weighted by Crippen LogP contribution is 2.38. The van der Waals surface area contributed by atoms with Crippen LogP contribution in [0.3, 0.4) is 0 Å². The summed E-state index contributed by atoms with van der Waals surface area (Å²) in [6, 6.07) is 0. The highest BCUT2D eigenvalue weighted by molar-refractivity contribution is 7.98. The Hall–Kier alpha value is -1.34. The van der Waals surface area contributed by atoms with Crippen molar-refractivity contribution in [2.45, 2.75) is 36.3 Å². The van der Waals surface area contributed by atoms with Gasteiger partial charge in [-0.25, -0.2) is 4.98 Å². The molecule has 96 valence electrons. The van der Waals surface area contributed by atoms with E-state index in [1.54, 1.807) is 6.20 Å². The first kappa shape index (κ1) is 11.7. The van der Waals surface area contributed by atoms with Crippen molar-refractivity contribution in [2.24, 2.45) is 7.05 Å². The van der Waals surface area contributed by atoms with Crippen LogP contribution in [0.4, 0.5) is 0 Å². The summed E-state index contributed by atoms with van der Waals surface area (Å²) in [5, 5.41) is 13.9. The van der Waals surface area contributed by atoms with Gasteiger partial charge in [0.15, 0.2) is 11.0 Å². The predicted octanol–water partition coefficient (Wildman–Crippen LogP) is 1.47. The molecule has 2 aromatic heterocycles. The molecule has 0 aromatic carbocycles. The van der Waals surface area contributed by atoms with Crippen molar-refractivity contribution in [2.75, 3.05) is 0 Å². The van der Waals surface area contributed by atoms with Gasteiger partial charge in [-0.3, -0.25) is 0 Å². The van der Waals surface area contributed by atoms with E-state index in [1.165, 1.54) is 24.6 Å². The van der Waals surface area contributed by atoms with E-state index in [9.17, 15) is 0 Å². The average Bonchev–Trinajstić information content (AvgIpc) is 3.02. The Morgan fingerprint density at radius 2 is 2.39 bits per heavy atom. The van der Waals surface area contributed by atoms with Crippen molar-refractivity contribution in [3.63, 3.8) is 0 Å². The lowest BCUT2D eigenvalue weighted by atomic mass is 10.4. The maximum atomic E-state index is 9.08. The molecule has 0 spiro atoms. The van der Waals surface area contributed by atoms with E-state index in [2.05, 4.69) is 15.1 Å². The van der Waals surface area contributed by atoms with Crippen molar-refractivity contribution >= 4 is 11.8 Å². The first-order chi connectivity index (χ1) is 8.78. The largest absolute Gasteiger partial charge is 0.390 e. The highest BCUT2D eigenvalue weighted by atomic mass is 32.2. The van der Waals surface area contributed by atoms with Crippen LogP contribution < -0.4 is 0 Å². The van der Waals surface area contributed by atoms with Gasteiger partial charge in [-0.2, -0.15) is 4.98 Å². The van der Waals surface area contributed by atoms with Gasteiger partial charge in [0.1, 0.15) is 0 Å². The van der Waals surface area contributed by atoms with Crippen LogP contribution in [0, 0.1) is 0 Å². The van der Waals surface area contributed by atoms with Crippen LogP contribution in [-0.4, -0.2) is 24.8 Å². The molecule has 18 heavy (non-hydrogen) atoms. The molecule has 2 aromatic rings. The minimum Gasteiger partial charge on any atom is -0.390 e. The van der Waals surface area contributed by atoms with E-state index in [1.807, 2.05) is 11.6 Å². The van der Waals surface area contributed by atoms with Crippen LogP contribution in [0.15, 0.2) is 15.9 Å². The number of hydrogen-bond acceptors (Lipinski definition) is 6. The molecule has 3 rings (SSSR count). The average molecular weight is 266 g/mol. The van der Waals surface area contributed by atoms with E-state index in [4.69, 9.17) is 9.63 Å². The molecule has 7 heteroatoms. The topological polar surface area (TPSA) is 77.0 Å². The van der Waals surface area contributed by atoms with Gasteiger partial charge in [0.05, 0.1) is 24.3 Å². The molecule has 1 N–H and O–H groups in total. The van der Waals surface area contributed by atoms with Crippen LogP contribution in [0.5, 0.6) is 0 Å². The Morgan fingerprint density at radius 3 is 3.06 bits per heavy atom. The van der Waals surface area contributed by atoms with Crippen LogP contribution in [0.1, 0.15) is 36.2 Å². The Morgan fingerprint density at radius 1 is 1.56 bits per heavy atom. The zero-order chi connectivity index (χ0) is 12.5. The number of aromatic nitrogens is 4. The van der Waals surface area contributed by atoms with Crippen LogP contribution in [0.2, 0.25) is 0 Å². The fourth-order valence-corrected chi connectivity index (χ4v) is 2.48. The van der Waals surface area contributed by atoms with Gasteiger partial charge in [-0.15, -0.1) is 0 Å². The molecule has 1 fully saturated rings. The van der Waals surface area contributed by atoms with E-state index in [-0.39, 0.29) is 6.61 Å². The number of thioether (sulfide) groups is 1. The van der Waals surface area contributed by atoms with E-state index < -0.39 is 0 Å². The normalized spacial score (nSPS) is 15.2. The zero-order valence-electron chi connectivity index (χ0n) is 10.0. The van der Waals surface area contributed by atoms with Crippen molar-refractivity contribution < 1.29 is 9.63 Å². The second kappa shape index (κ2) is 4.74. The van der Waals surface area contributed by atoms with Gasteiger partial charge < -0.3 is 14.2 Å². The molecule has 0 aliphatic heterocycles. The summed E-state index contributed by atoms with van der Waals surface area (Å²) in [6.07, 6.45) is 4.02. The third-order valence-corrected chi connectivity index (χ3v) is 3.98. The Bertz CT molecular complexity index is 547. The second-order valence-corrected chi connectivity index (χ2v) is 5.30. The number of rotatable bonds is 5. The van der Waals surface area contributed by atoms with Gasteiger partial charge in [0.2, 0.25) is 5.89 Å². The van der Waals surface area contributed by atoms with Gasteiger partial charge >= 0.3 is 0 Å². The zero-order valence-corrected chi connectivity index (χ0v) is 10.9. The van der Waals surface area contributed by atoms with E-state index in [0.29, 0.717) is 17.6 Å². The SMILES string of the molecule is Cn1c(CO)cnc1SCc1nc(C2CC2)no1. The van der Waals surface area contributed by atoms with E-state index in [0.717, 1.165) is 16.7 Å². The Labute approximate surface area is 108 Å². The smallest absolute Gasteiger partial charge is 0.237 e. The Kier molecular flexibility index (Phi) is 3.09. The lowest BCUT2D eigenvalue weighted by Gasteiger charge is -2.01. The molecular formula is C11H14N4O2S. The Balaban J connectivity index is 1.63. The van der Waals surface area contributed by atoms with Crippen molar-refractivity contribution in [3.05, 3.63) is 23.6 Å². The first-order valence-corrected chi connectivity index (χ1v) is 6.83. The molecule has 6 nitrogen and oxygen atoms in total. The molecule has 2 heterocycles. The van der Waals surface area contributed by atoms with Gasteiger partial charge in [0.25, 0.3) is 0 Å². The maximum Gasteiger partial charge on any atom is 0.237 e. The minimum absolute atomic E-state index is 0.00353. The molecule has 0 radical (unpaired) electrons. The molecule has 0 bridgehead atoms. The number of nitrogens with zero attached hydrogens (tertiary/aromatic N) is 4. The number of aliphatic hydroxyl groups is 1. The molecular weight excluding hydrogens is 252 g/mol. The van der Waals surface area contributed by atoms with Crippen molar-refractivity contribution in [1.82, 2.24) is 19.7 Å². The molecule has 1 saturated carbocycles. The lowest BCUT2D eigenvalue weighted by Crippen LogP contribution is -1.97. The third-order valence-electron chi connectivity index (χ3n) is 2.95. The van der Waals surface area contributed by atoms with Crippen LogP contribution >= 0.6 is 11.8 Å². The molecule has 1 aliphatic rings. The van der Waals surface area contributed by atoms with Gasteiger partial charge in [-0.05, 0) is 12.8 Å². The summed E-state index contributed by atoms with van der Waals surface area (Å²) >= 11 is 1.53. The van der Waals surface area contributed by atoms with Crippen LogP contribution in [0.25, 0.3) is 0 Å². The second-order valence-electron chi connectivity index (χ2n) is 4.36. The van der Waals surface area contributed by atoms with Crippen molar-refractivity contribution in [3.8, 4) is 0 Å². The standard InChI is InChI=1S/C11H14N4O2S/c1-15-8(5-16)4-12-11(15)18-6-9-13-10(14-17-9)7-2-3-7/h4,7,16H,2-3,5-6H2,1H3. The first-order valence-electron chi connectivity index (χ1n) is 5.84. The number of imidazole rings is 1. The third kappa shape index (κ3) is 2.28. The highest BCUT2D eigenvalue weighted by Gasteiger charge is 2.28. The summed E-state index contributed by atoms with van der Waals surface area (Å²) in [5.74, 6) is 2.59. The lowest BCUT2D eigenvalue weighted by molar-refractivity contribution is 0.271. The maximum absolute atomic E-state index is 9.08. The van der Waals surface area contributed by atoms with Crippen molar-refractivity contribution in [1.29, 1.82) is 0 Å². The fourth-order valence-electron chi connectivity index (χ4n) is 1.67. The fraction of sp³-hybridized carbons (Fsp3) is 0.545.